The third-order valence-corrected chi connectivity index (χ3v) is 3.16. The van der Waals surface area contributed by atoms with E-state index in [1.54, 1.807) is 0 Å². The minimum Gasteiger partial charge on any atom is -0.480 e. The first-order chi connectivity index (χ1) is 8.95. The van der Waals surface area contributed by atoms with Crippen LogP contribution in [0.25, 0.3) is 0 Å². The summed E-state index contributed by atoms with van der Waals surface area (Å²) in [4.78, 5) is 13.2. The first-order valence-electron chi connectivity index (χ1n) is 6.70. The maximum absolute atomic E-state index is 11.2. The highest BCUT2D eigenvalue weighted by atomic mass is 16.4. The molecular formula is C15H24N2O2. The minimum absolute atomic E-state index is 0.458. The third-order valence-electron chi connectivity index (χ3n) is 3.16. The molecule has 106 valence electrons. The maximum Gasteiger partial charge on any atom is 0.322 e. The smallest absolute Gasteiger partial charge is 0.322 e. The molecule has 1 atom stereocenters. The Balaban J connectivity index is 2.75. The van der Waals surface area contributed by atoms with Crippen LogP contribution in [0.2, 0.25) is 0 Å². The summed E-state index contributed by atoms with van der Waals surface area (Å²) in [6.45, 7) is 7.31. The monoisotopic (exact) mass is 264 g/mol. The van der Waals surface area contributed by atoms with Crippen molar-refractivity contribution < 1.29 is 9.90 Å². The van der Waals surface area contributed by atoms with Crippen LogP contribution in [0.5, 0.6) is 0 Å². The van der Waals surface area contributed by atoms with E-state index >= 15 is 0 Å². The van der Waals surface area contributed by atoms with Gasteiger partial charge in [0, 0.05) is 19.3 Å². The van der Waals surface area contributed by atoms with Crippen LogP contribution >= 0.6 is 0 Å². The van der Waals surface area contributed by atoms with Crippen LogP contribution in [0, 0.1) is 13.8 Å². The molecule has 1 unspecified atom stereocenters. The topological polar surface area (TPSA) is 52.6 Å². The minimum atomic E-state index is -0.801. The van der Waals surface area contributed by atoms with Crippen LogP contribution < -0.4 is 10.2 Å². The molecule has 0 fully saturated rings. The third kappa shape index (κ3) is 4.56. The highest BCUT2D eigenvalue weighted by Gasteiger charge is 2.19. The van der Waals surface area contributed by atoms with Gasteiger partial charge in [-0.3, -0.25) is 4.79 Å². The number of carboxylic acids is 1. The van der Waals surface area contributed by atoms with E-state index in [0.29, 0.717) is 6.54 Å². The lowest BCUT2D eigenvalue weighted by Crippen LogP contribution is -2.45. The van der Waals surface area contributed by atoms with Crippen molar-refractivity contribution in [2.75, 3.05) is 25.0 Å². The van der Waals surface area contributed by atoms with Crippen LogP contribution in [0.3, 0.4) is 0 Å². The average Bonchev–Trinajstić information content (AvgIpc) is 2.33. The number of hydrogen-bond acceptors (Lipinski definition) is 3. The van der Waals surface area contributed by atoms with Gasteiger partial charge in [-0.15, -0.1) is 0 Å². The second kappa shape index (κ2) is 7.14. The molecule has 0 aliphatic carbocycles. The molecule has 0 amide bonds. The molecule has 0 spiro atoms. The highest BCUT2D eigenvalue weighted by molar-refractivity contribution is 5.74. The predicted octanol–water partition coefficient (Wildman–Crippen LogP) is 2.19. The van der Waals surface area contributed by atoms with Gasteiger partial charge < -0.3 is 15.3 Å². The van der Waals surface area contributed by atoms with Gasteiger partial charge in [0.2, 0.25) is 0 Å². The zero-order chi connectivity index (χ0) is 14.4. The molecule has 1 aromatic rings. The molecule has 0 aliphatic rings. The molecular weight excluding hydrogens is 240 g/mol. The van der Waals surface area contributed by atoms with Gasteiger partial charge in [-0.2, -0.15) is 0 Å². The van der Waals surface area contributed by atoms with E-state index in [4.69, 9.17) is 0 Å². The summed E-state index contributed by atoms with van der Waals surface area (Å²) in [6.07, 6.45) is 0.928. The predicted molar refractivity (Wildman–Crippen MR) is 78.9 cm³/mol. The number of carboxylic acid groups (broad SMARTS) is 1. The fourth-order valence-corrected chi connectivity index (χ4v) is 2.15. The van der Waals surface area contributed by atoms with Crippen LogP contribution in [0.4, 0.5) is 5.69 Å². The van der Waals surface area contributed by atoms with Gasteiger partial charge in [0.05, 0.1) is 0 Å². The van der Waals surface area contributed by atoms with Crippen LogP contribution in [-0.2, 0) is 4.79 Å². The molecule has 0 saturated heterocycles. The largest absolute Gasteiger partial charge is 0.480 e. The fraction of sp³-hybridized carbons (Fsp3) is 0.533. The summed E-state index contributed by atoms with van der Waals surface area (Å²) in [5.41, 5.74) is 3.46. The van der Waals surface area contributed by atoms with Gasteiger partial charge in [-0.25, -0.2) is 0 Å². The van der Waals surface area contributed by atoms with Gasteiger partial charge in [-0.1, -0.05) is 24.6 Å². The molecule has 0 bridgehead atoms. The van der Waals surface area contributed by atoms with Crippen molar-refractivity contribution in [1.82, 2.24) is 5.32 Å². The first-order valence-corrected chi connectivity index (χ1v) is 6.70. The van der Waals surface area contributed by atoms with E-state index in [0.717, 1.165) is 18.7 Å². The number of rotatable bonds is 7. The number of hydrogen-bond donors (Lipinski definition) is 2. The number of anilines is 1. The van der Waals surface area contributed by atoms with Crippen LogP contribution in [0.1, 0.15) is 24.5 Å². The van der Waals surface area contributed by atoms with Crippen molar-refractivity contribution in [2.45, 2.75) is 33.2 Å². The van der Waals surface area contributed by atoms with Crippen molar-refractivity contribution in [3.8, 4) is 0 Å². The van der Waals surface area contributed by atoms with Gasteiger partial charge in [0.25, 0.3) is 0 Å². The zero-order valence-corrected chi connectivity index (χ0v) is 12.2. The van der Waals surface area contributed by atoms with Gasteiger partial charge in [0.1, 0.15) is 6.04 Å². The Labute approximate surface area is 115 Å². The maximum atomic E-state index is 11.2. The molecule has 2 N–H and O–H groups in total. The fourth-order valence-electron chi connectivity index (χ4n) is 2.15. The Bertz CT molecular complexity index is 432. The number of likely N-dealkylation sites (N-methyl/N-ethyl adjacent to an activating group) is 1. The molecule has 1 aromatic carbocycles. The number of carbonyl (C=O) groups is 1. The first kappa shape index (κ1) is 15.5. The van der Waals surface area contributed by atoms with E-state index in [2.05, 4.69) is 18.3 Å². The highest BCUT2D eigenvalue weighted by Crippen LogP contribution is 2.20. The average molecular weight is 264 g/mol. The SMILES string of the molecule is CCCNC(CN(C)c1ccc(C)cc1C)C(=O)O. The second-order valence-electron chi connectivity index (χ2n) is 5.02. The standard InChI is InChI=1S/C15H24N2O2/c1-5-8-16-13(15(18)19)10-17(4)14-7-6-11(2)9-12(14)3/h6-7,9,13,16H,5,8,10H2,1-4H3,(H,18,19). The van der Waals surface area contributed by atoms with E-state index in [9.17, 15) is 9.90 Å². The Kier molecular flexibility index (Phi) is 5.83. The summed E-state index contributed by atoms with van der Waals surface area (Å²) < 4.78 is 0. The lowest BCUT2D eigenvalue weighted by molar-refractivity contribution is -0.139. The molecule has 0 radical (unpaired) electrons. The molecule has 19 heavy (non-hydrogen) atoms. The summed E-state index contributed by atoms with van der Waals surface area (Å²) >= 11 is 0. The number of aryl methyl sites for hydroxylation is 2. The second-order valence-corrected chi connectivity index (χ2v) is 5.02. The van der Waals surface area contributed by atoms with Crippen molar-refractivity contribution in [2.24, 2.45) is 0 Å². The molecule has 0 heterocycles. The molecule has 1 rings (SSSR count). The Morgan fingerprint density at radius 3 is 2.63 bits per heavy atom. The summed E-state index contributed by atoms with van der Waals surface area (Å²) in [7, 11) is 1.93. The quantitative estimate of drug-likeness (QED) is 0.792. The lowest BCUT2D eigenvalue weighted by atomic mass is 10.1. The van der Waals surface area contributed by atoms with Crippen molar-refractivity contribution in [3.63, 3.8) is 0 Å². The molecule has 0 aromatic heterocycles. The van der Waals surface area contributed by atoms with E-state index in [1.165, 1.54) is 11.1 Å². The van der Waals surface area contributed by atoms with Gasteiger partial charge in [0.15, 0.2) is 0 Å². The summed E-state index contributed by atoms with van der Waals surface area (Å²) in [5, 5.41) is 12.3. The van der Waals surface area contributed by atoms with Crippen molar-refractivity contribution in [3.05, 3.63) is 29.3 Å². The lowest BCUT2D eigenvalue weighted by Gasteiger charge is -2.25. The molecule has 4 heteroatoms. The Hall–Kier alpha value is -1.55. The Morgan fingerprint density at radius 2 is 2.11 bits per heavy atom. The van der Waals surface area contributed by atoms with Crippen LogP contribution in [-0.4, -0.2) is 37.3 Å². The molecule has 4 nitrogen and oxygen atoms in total. The Morgan fingerprint density at radius 1 is 1.42 bits per heavy atom. The summed E-state index contributed by atoms with van der Waals surface area (Å²) in [6, 6.07) is 5.67. The normalized spacial score (nSPS) is 12.2. The van der Waals surface area contributed by atoms with Gasteiger partial charge in [-0.05, 0) is 38.4 Å². The summed E-state index contributed by atoms with van der Waals surface area (Å²) in [5.74, 6) is -0.801. The van der Waals surface area contributed by atoms with E-state index < -0.39 is 12.0 Å². The van der Waals surface area contributed by atoms with Gasteiger partial charge >= 0.3 is 5.97 Å². The zero-order valence-electron chi connectivity index (χ0n) is 12.2. The van der Waals surface area contributed by atoms with E-state index in [1.807, 2.05) is 37.9 Å². The number of benzene rings is 1. The van der Waals surface area contributed by atoms with E-state index in [-0.39, 0.29) is 0 Å². The number of aliphatic carboxylic acids is 1. The van der Waals surface area contributed by atoms with Crippen molar-refractivity contribution >= 4 is 11.7 Å². The van der Waals surface area contributed by atoms with Crippen LogP contribution in [0.15, 0.2) is 18.2 Å². The number of nitrogens with zero attached hydrogens (tertiary/aromatic N) is 1. The molecule has 0 aliphatic heterocycles. The number of nitrogens with one attached hydrogen (secondary N) is 1. The van der Waals surface area contributed by atoms with Crippen molar-refractivity contribution in [1.29, 1.82) is 0 Å². The molecule has 0 saturated carbocycles.